The van der Waals surface area contributed by atoms with E-state index in [0.717, 1.165) is 6.07 Å². The minimum absolute atomic E-state index is 0.0673. The van der Waals surface area contributed by atoms with Crippen LogP contribution in [-0.4, -0.2) is 49.6 Å². The maximum Gasteiger partial charge on any atom is 0.393 e. The second kappa shape index (κ2) is 10.2. The molecule has 0 saturated heterocycles. The van der Waals surface area contributed by atoms with Crippen molar-refractivity contribution in [1.82, 2.24) is 25.6 Å². The van der Waals surface area contributed by atoms with E-state index in [-0.39, 0.29) is 34.8 Å². The van der Waals surface area contributed by atoms with Crippen molar-refractivity contribution in [2.75, 3.05) is 5.32 Å². The number of rotatable bonds is 9. The molecule has 1 aromatic carbocycles. The number of pyridine rings is 1. The fourth-order valence-electron chi connectivity index (χ4n) is 3.55. The molecule has 4 N–H and O–H groups in total. The zero-order valence-corrected chi connectivity index (χ0v) is 19.2. The summed E-state index contributed by atoms with van der Waals surface area (Å²) in [5, 5.41) is 17.4. The van der Waals surface area contributed by atoms with Crippen LogP contribution in [0.1, 0.15) is 44.8 Å². The maximum absolute atomic E-state index is 13.0. The smallest absolute Gasteiger partial charge is 0.393 e. The molecule has 0 atom stereocenters. The van der Waals surface area contributed by atoms with E-state index in [2.05, 4.69) is 30.9 Å². The molecule has 0 radical (unpaired) electrons. The van der Waals surface area contributed by atoms with Crippen LogP contribution in [-0.2, 0) is 17.8 Å². The number of carbonyl (C=O) groups excluding carboxylic acids is 2. The van der Waals surface area contributed by atoms with Crippen molar-refractivity contribution in [3.63, 3.8) is 0 Å². The highest BCUT2D eigenvalue weighted by molar-refractivity contribution is 6.00. The highest BCUT2D eigenvalue weighted by atomic mass is 19.4. The standard InChI is InChI=1S/C24H21F3N6O4/c25-24(26,27)8-15-7-14(21(35)36)1-4-19(15)32-18-3-2-17(30-12-18)11-31-22(37)23(5-6-23)33-20(34)16-9-28-13-29-10-16/h1-4,7,9-10,12-13,32H,5-6,8,11H2,(H,31,37)(H,33,34)(H,35,36). The number of anilines is 2. The minimum atomic E-state index is -4.53. The lowest BCUT2D eigenvalue weighted by atomic mass is 10.0. The van der Waals surface area contributed by atoms with Gasteiger partial charge in [-0.1, -0.05) is 0 Å². The molecule has 4 rings (SSSR count). The number of hydrogen-bond acceptors (Lipinski definition) is 7. The van der Waals surface area contributed by atoms with Gasteiger partial charge in [0, 0.05) is 18.1 Å². The largest absolute Gasteiger partial charge is 0.478 e. The third kappa shape index (κ3) is 6.57. The Morgan fingerprint density at radius 1 is 1.00 bits per heavy atom. The van der Waals surface area contributed by atoms with Crippen molar-refractivity contribution in [3.8, 4) is 0 Å². The van der Waals surface area contributed by atoms with E-state index < -0.39 is 30.0 Å². The van der Waals surface area contributed by atoms with Crippen LogP contribution in [0.4, 0.5) is 24.5 Å². The summed E-state index contributed by atoms with van der Waals surface area (Å²) in [6.45, 7) is 0.0673. The zero-order valence-electron chi connectivity index (χ0n) is 19.2. The molecule has 1 aliphatic carbocycles. The molecule has 13 heteroatoms. The van der Waals surface area contributed by atoms with E-state index in [1.807, 2.05) is 0 Å². The van der Waals surface area contributed by atoms with Gasteiger partial charge in [-0.25, -0.2) is 14.8 Å². The number of carboxylic acid groups (broad SMARTS) is 1. The molecule has 0 spiro atoms. The Hall–Kier alpha value is -4.55. The van der Waals surface area contributed by atoms with Gasteiger partial charge in [-0.2, -0.15) is 13.2 Å². The molecule has 2 heterocycles. The van der Waals surface area contributed by atoms with Crippen molar-refractivity contribution in [2.45, 2.75) is 37.5 Å². The van der Waals surface area contributed by atoms with Crippen LogP contribution in [0, 0.1) is 0 Å². The van der Waals surface area contributed by atoms with Crippen LogP contribution in [0.5, 0.6) is 0 Å². The van der Waals surface area contributed by atoms with Gasteiger partial charge in [0.2, 0.25) is 5.91 Å². The number of alkyl halides is 3. The second-order valence-corrected chi connectivity index (χ2v) is 8.48. The van der Waals surface area contributed by atoms with Gasteiger partial charge < -0.3 is 21.1 Å². The summed E-state index contributed by atoms with van der Waals surface area (Å²) in [5.74, 6) is -2.15. The summed E-state index contributed by atoms with van der Waals surface area (Å²) in [7, 11) is 0. The van der Waals surface area contributed by atoms with Crippen molar-refractivity contribution in [1.29, 1.82) is 0 Å². The molecule has 192 valence electrons. The molecule has 1 aliphatic rings. The fourth-order valence-corrected chi connectivity index (χ4v) is 3.55. The highest BCUT2D eigenvalue weighted by Crippen LogP contribution is 2.36. The lowest BCUT2D eigenvalue weighted by molar-refractivity contribution is -0.127. The van der Waals surface area contributed by atoms with Crippen LogP contribution in [0.2, 0.25) is 0 Å². The number of benzene rings is 1. The van der Waals surface area contributed by atoms with E-state index in [4.69, 9.17) is 5.11 Å². The van der Waals surface area contributed by atoms with Gasteiger partial charge in [-0.3, -0.25) is 14.6 Å². The molecule has 0 unspecified atom stereocenters. The van der Waals surface area contributed by atoms with E-state index in [1.54, 1.807) is 12.1 Å². The molecule has 0 aliphatic heterocycles. The van der Waals surface area contributed by atoms with Crippen LogP contribution in [0.3, 0.4) is 0 Å². The number of carboxylic acids is 1. The predicted octanol–water partition coefficient (Wildman–Crippen LogP) is 3.00. The first-order chi connectivity index (χ1) is 17.5. The normalized spacial score (nSPS) is 13.9. The molecular weight excluding hydrogens is 493 g/mol. The van der Waals surface area contributed by atoms with E-state index >= 15 is 0 Å². The number of amides is 2. The summed E-state index contributed by atoms with van der Waals surface area (Å²) in [6.07, 6.45) is 0.509. The van der Waals surface area contributed by atoms with Gasteiger partial charge in [0.15, 0.2) is 0 Å². The number of halogens is 3. The Kier molecular flexibility index (Phi) is 7.05. The first-order valence-corrected chi connectivity index (χ1v) is 11.1. The quantitative estimate of drug-likeness (QED) is 0.341. The Bertz CT molecular complexity index is 1310. The average molecular weight is 514 g/mol. The zero-order chi connectivity index (χ0) is 26.6. The Morgan fingerprint density at radius 2 is 1.73 bits per heavy atom. The highest BCUT2D eigenvalue weighted by Gasteiger charge is 2.51. The fraction of sp³-hybridized carbons (Fsp3) is 0.250. The third-order valence-corrected chi connectivity index (χ3v) is 5.64. The predicted molar refractivity (Wildman–Crippen MR) is 124 cm³/mol. The Labute approximate surface area is 208 Å². The molecule has 1 saturated carbocycles. The van der Waals surface area contributed by atoms with Crippen molar-refractivity contribution < 1.29 is 32.7 Å². The first kappa shape index (κ1) is 25.5. The molecule has 3 aromatic rings. The van der Waals surface area contributed by atoms with Crippen LogP contribution < -0.4 is 16.0 Å². The lowest BCUT2D eigenvalue weighted by Crippen LogP contribution is -2.48. The van der Waals surface area contributed by atoms with Crippen LogP contribution >= 0.6 is 0 Å². The summed E-state index contributed by atoms with van der Waals surface area (Å²) >= 11 is 0. The Balaban J connectivity index is 1.36. The SMILES string of the molecule is O=C(O)c1ccc(Nc2ccc(CNC(=O)C3(NC(=O)c4cncnc4)CC3)nc2)c(CC(F)(F)F)c1. The number of nitrogens with one attached hydrogen (secondary N) is 3. The summed E-state index contributed by atoms with van der Waals surface area (Å²) in [6, 6.07) is 6.60. The monoisotopic (exact) mass is 514 g/mol. The van der Waals surface area contributed by atoms with Gasteiger partial charge in [0.25, 0.3) is 5.91 Å². The topological polar surface area (TPSA) is 146 Å². The molecule has 1 fully saturated rings. The number of nitrogens with zero attached hydrogens (tertiary/aromatic N) is 3. The molecule has 2 amide bonds. The molecule has 0 bridgehead atoms. The molecular formula is C24H21F3N6O4. The molecule has 37 heavy (non-hydrogen) atoms. The summed E-state index contributed by atoms with van der Waals surface area (Å²) in [4.78, 5) is 47.9. The summed E-state index contributed by atoms with van der Waals surface area (Å²) < 4.78 is 39.0. The van der Waals surface area contributed by atoms with Crippen LogP contribution in [0.25, 0.3) is 0 Å². The van der Waals surface area contributed by atoms with Crippen molar-refractivity contribution in [2.24, 2.45) is 0 Å². The van der Waals surface area contributed by atoms with E-state index in [0.29, 0.717) is 24.2 Å². The second-order valence-electron chi connectivity index (χ2n) is 8.48. The van der Waals surface area contributed by atoms with Gasteiger partial charge in [0.05, 0.1) is 41.7 Å². The average Bonchev–Trinajstić information content (AvgIpc) is 3.64. The number of hydrogen-bond donors (Lipinski definition) is 4. The number of aromatic nitrogens is 3. The van der Waals surface area contributed by atoms with Crippen molar-refractivity contribution in [3.05, 3.63) is 77.6 Å². The van der Waals surface area contributed by atoms with Gasteiger partial charge in [0.1, 0.15) is 11.9 Å². The number of aromatic carboxylic acids is 1. The lowest BCUT2D eigenvalue weighted by Gasteiger charge is -2.17. The van der Waals surface area contributed by atoms with E-state index in [9.17, 15) is 27.6 Å². The first-order valence-electron chi connectivity index (χ1n) is 11.1. The Morgan fingerprint density at radius 3 is 2.32 bits per heavy atom. The van der Waals surface area contributed by atoms with Crippen LogP contribution in [0.15, 0.2) is 55.2 Å². The summed E-state index contributed by atoms with van der Waals surface area (Å²) in [5.41, 5.74) is -0.293. The number of carbonyl (C=O) groups is 3. The van der Waals surface area contributed by atoms with Crippen molar-refractivity contribution >= 4 is 29.2 Å². The van der Waals surface area contributed by atoms with Gasteiger partial charge in [-0.05, 0) is 48.7 Å². The van der Waals surface area contributed by atoms with Gasteiger partial charge in [-0.15, -0.1) is 0 Å². The molecule has 2 aromatic heterocycles. The minimum Gasteiger partial charge on any atom is -0.478 e. The molecule has 10 nitrogen and oxygen atoms in total. The van der Waals surface area contributed by atoms with E-state index in [1.165, 1.54) is 37.1 Å². The maximum atomic E-state index is 13.0. The third-order valence-electron chi connectivity index (χ3n) is 5.64. The van der Waals surface area contributed by atoms with Gasteiger partial charge >= 0.3 is 12.1 Å².